The van der Waals surface area contributed by atoms with Crippen LogP contribution in [0.1, 0.15) is 62.3 Å². The smallest absolute Gasteiger partial charge is 0.238 e. The molecule has 0 aliphatic rings. The summed E-state index contributed by atoms with van der Waals surface area (Å²) in [7, 11) is -2.87. The molecular weight excluding hydrogens is 476 g/mol. The van der Waals surface area contributed by atoms with Crippen LogP contribution in [0.3, 0.4) is 0 Å². The van der Waals surface area contributed by atoms with Crippen molar-refractivity contribution in [2.45, 2.75) is 45.3 Å². The zero-order valence-corrected chi connectivity index (χ0v) is 21.6. The first-order chi connectivity index (χ1) is 17.3. The van der Waals surface area contributed by atoms with Gasteiger partial charge >= 0.3 is 8.25 Å². The van der Waals surface area contributed by atoms with E-state index in [1.54, 1.807) is 6.33 Å². The lowest BCUT2D eigenvalue weighted by molar-refractivity contribution is 0.105. The Morgan fingerprint density at radius 2 is 1.19 bits per heavy atom. The van der Waals surface area contributed by atoms with Crippen molar-refractivity contribution in [1.29, 1.82) is 0 Å². The molecule has 1 atom stereocenters. The predicted octanol–water partition coefficient (Wildman–Crippen LogP) is 6.58. The Hall–Kier alpha value is -3.25. The van der Waals surface area contributed by atoms with E-state index in [0.717, 1.165) is 29.5 Å². The SMILES string of the molecule is CCC(C)(CC)C(F)c1ncn(C(c2ccccc2)(c2ccccc2)c2ccccc2)n1.O=[P+](O)O. The minimum Gasteiger partial charge on any atom is -0.238 e. The van der Waals surface area contributed by atoms with Crippen molar-refractivity contribution in [1.82, 2.24) is 14.8 Å². The van der Waals surface area contributed by atoms with E-state index < -0.39 is 25.4 Å². The summed E-state index contributed by atoms with van der Waals surface area (Å²) in [4.78, 5) is 18.7. The third-order valence-electron chi connectivity index (χ3n) is 6.88. The summed E-state index contributed by atoms with van der Waals surface area (Å²) >= 11 is 0. The van der Waals surface area contributed by atoms with Crippen molar-refractivity contribution in [3.05, 3.63) is 120 Å². The maximum absolute atomic E-state index is 15.7. The summed E-state index contributed by atoms with van der Waals surface area (Å²) in [5.74, 6) is 0.239. The molecule has 0 saturated carbocycles. The Bertz CT molecular complexity index is 1130. The van der Waals surface area contributed by atoms with Crippen molar-refractivity contribution in [3.63, 3.8) is 0 Å². The molecule has 8 heteroatoms. The highest BCUT2D eigenvalue weighted by Crippen LogP contribution is 2.43. The second-order valence-electron chi connectivity index (χ2n) is 8.83. The molecule has 0 amide bonds. The zero-order chi connectivity index (χ0) is 26.2. The summed E-state index contributed by atoms with van der Waals surface area (Å²) in [5, 5.41) is 4.80. The molecule has 1 unspecified atom stereocenters. The molecule has 4 aromatic rings. The van der Waals surface area contributed by atoms with E-state index in [0.29, 0.717) is 0 Å². The van der Waals surface area contributed by atoms with Crippen LogP contribution in [-0.2, 0) is 10.1 Å². The highest BCUT2D eigenvalue weighted by atomic mass is 31.1. The number of rotatable bonds is 8. The normalized spacial score (nSPS) is 12.4. The molecule has 36 heavy (non-hydrogen) atoms. The quantitative estimate of drug-likeness (QED) is 0.207. The topological polar surface area (TPSA) is 88.2 Å². The van der Waals surface area contributed by atoms with Crippen LogP contribution >= 0.6 is 8.25 Å². The van der Waals surface area contributed by atoms with Gasteiger partial charge in [0.1, 0.15) is 11.9 Å². The highest BCUT2D eigenvalue weighted by molar-refractivity contribution is 7.30. The van der Waals surface area contributed by atoms with Gasteiger partial charge in [-0.05, 0) is 29.5 Å². The van der Waals surface area contributed by atoms with Gasteiger partial charge in [-0.3, -0.25) is 0 Å². The predicted molar refractivity (Wildman–Crippen MR) is 139 cm³/mol. The van der Waals surface area contributed by atoms with Crippen LogP contribution in [0.25, 0.3) is 0 Å². The number of halogens is 1. The molecular formula is C28H32FN3O3P+. The fourth-order valence-electron chi connectivity index (χ4n) is 4.41. The summed E-state index contributed by atoms with van der Waals surface area (Å²) < 4.78 is 26.2. The molecule has 6 nitrogen and oxygen atoms in total. The Kier molecular flexibility index (Phi) is 9.21. The van der Waals surface area contributed by atoms with E-state index in [4.69, 9.17) is 19.5 Å². The Balaban J connectivity index is 0.000000840. The molecule has 0 aliphatic heterocycles. The number of hydrogen-bond donors (Lipinski definition) is 2. The van der Waals surface area contributed by atoms with Crippen LogP contribution in [0.4, 0.5) is 4.39 Å². The van der Waals surface area contributed by atoms with Gasteiger partial charge in [0.25, 0.3) is 0 Å². The van der Waals surface area contributed by atoms with Gasteiger partial charge in [-0.15, -0.1) is 9.79 Å². The first-order valence-electron chi connectivity index (χ1n) is 11.9. The van der Waals surface area contributed by atoms with Gasteiger partial charge < -0.3 is 0 Å². The summed E-state index contributed by atoms with van der Waals surface area (Å²) in [6.07, 6.45) is 1.89. The lowest BCUT2D eigenvalue weighted by Crippen LogP contribution is -2.38. The third kappa shape index (κ3) is 5.59. The zero-order valence-electron chi connectivity index (χ0n) is 20.7. The van der Waals surface area contributed by atoms with Crippen molar-refractivity contribution in [3.8, 4) is 0 Å². The maximum atomic E-state index is 15.7. The average molecular weight is 509 g/mol. The van der Waals surface area contributed by atoms with Gasteiger partial charge in [0.05, 0.1) is 0 Å². The molecule has 0 spiro atoms. The first-order valence-corrected chi connectivity index (χ1v) is 13.0. The van der Waals surface area contributed by atoms with E-state index >= 15 is 4.39 Å². The summed E-state index contributed by atoms with van der Waals surface area (Å²) in [6.45, 7) is 6.02. The lowest BCUT2D eigenvalue weighted by Gasteiger charge is -2.36. The molecule has 188 valence electrons. The van der Waals surface area contributed by atoms with E-state index in [9.17, 15) is 0 Å². The van der Waals surface area contributed by atoms with Crippen LogP contribution < -0.4 is 0 Å². The molecule has 0 bridgehead atoms. The van der Waals surface area contributed by atoms with Crippen molar-refractivity contribution >= 4 is 8.25 Å². The van der Waals surface area contributed by atoms with Gasteiger partial charge in [-0.1, -0.05) is 112 Å². The second kappa shape index (κ2) is 12.1. The Morgan fingerprint density at radius 1 is 0.833 bits per heavy atom. The fraction of sp³-hybridized carbons (Fsp3) is 0.286. The fourth-order valence-corrected chi connectivity index (χ4v) is 4.41. The standard InChI is InChI=1S/C28H30FN3.HO3P/c1-4-27(3,5-2)25(29)26-30-21-32(31-26)28(22-15-9-6-10-16-22,23-17-11-7-12-18-23)24-19-13-8-14-20-24;1-4(2)3/h6-21,25H,4-5H2,1-3H3;(H-,1,2,3)/p+1. The second-order valence-corrected chi connectivity index (χ2v) is 9.34. The summed E-state index contributed by atoms with van der Waals surface area (Å²) in [5.41, 5.74) is 1.85. The summed E-state index contributed by atoms with van der Waals surface area (Å²) in [6, 6.07) is 30.7. The van der Waals surface area contributed by atoms with Gasteiger partial charge in [0.2, 0.25) is 0 Å². The Morgan fingerprint density at radius 3 is 1.53 bits per heavy atom. The van der Waals surface area contributed by atoms with Crippen molar-refractivity contribution in [2.24, 2.45) is 5.41 Å². The van der Waals surface area contributed by atoms with Crippen molar-refractivity contribution in [2.75, 3.05) is 0 Å². The molecule has 0 saturated heterocycles. The third-order valence-corrected chi connectivity index (χ3v) is 6.88. The lowest BCUT2D eigenvalue weighted by atomic mass is 9.77. The van der Waals surface area contributed by atoms with Crippen LogP contribution in [0.15, 0.2) is 97.3 Å². The van der Waals surface area contributed by atoms with Crippen LogP contribution in [0.5, 0.6) is 0 Å². The number of alkyl halides is 1. The minimum atomic E-state index is -2.87. The van der Waals surface area contributed by atoms with E-state index in [-0.39, 0.29) is 5.82 Å². The van der Waals surface area contributed by atoms with E-state index in [1.165, 1.54) is 0 Å². The monoisotopic (exact) mass is 508 g/mol. The molecule has 4 rings (SSSR count). The molecule has 0 aliphatic carbocycles. The minimum absolute atomic E-state index is 0.239. The number of aromatic nitrogens is 3. The van der Waals surface area contributed by atoms with E-state index in [1.807, 2.05) is 80.1 Å². The Labute approximate surface area is 212 Å². The largest absolute Gasteiger partial charge is 0.692 e. The molecule has 0 radical (unpaired) electrons. The molecule has 2 N–H and O–H groups in total. The molecule has 1 heterocycles. The van der Waals surface area contributed by atoms with E-state index in [2.05, 4.69) is 41.4 Å². The number of benzene rings is 3. The van der Waals surface area contributed by atoms with Crippen LogP contribution in [0.2, 0.25) is 0 Å². The van der Waals surface area contributed by atoms with Crippen LogP contribution in [0, 0.1) is 5.41 Å². The van der Waals surface area contributed by atoms with Gasteiger partial charge in [0, 0.05) is 9.98 Å². The number of hydrogen-bond acceptors (Lipinski definition) is 3. The molecule has 0 fully saturated rings. The number of nitrogens with zero attached hydrogens (tertiary/aromatic N) is 3. The molecule has 3 aromatic carbocycles. The van der Waals surface area contributed by atoms with Crippen molar-refractivity contribution < 1.29 is 18.7 Å². The van der Waals surface area contributed by atoms with Gasteiger partial charge in [0.15, 0.2) is 12.0 Å². The first kappa shape index (κ1) is 27.3. The highest BCUT2D eigenvalue weighted by Gasteiger charge is 2.41. The van der Waals surface area contributed by atoms with Crippen LogP contribution in [-0.4, -0.2) is 24.6 Å². The molecule has 1 aromatic heterocycles. The maximum Gasteiger partial charge on any atom is 0.692 e. The average Bonchev–Trinajstić information content (AvgIpc) is 3.40. The van der Waals surface area contributed by atoms with Gasteiger partial charge in [-0.2, -0.15) is 5.10 Å². The van der Waals surface area contributed by atoms with Gasteiger partial charge in [-0.25, -0.2) is 14.1 Å².